The number of imidazole rings is 1. The van der Waals surface area contributed by atoms with Gasteiger partial charge in [0.15, 0.2) is 0 Å². The third-order valence-electron chi connectivity index (χ3n) is 6.27. The number of aromatic amines is 1. The van der Waals surface area contributed by atoms with Crippen LogP contribution in [0.2, 0.25) is 0 Å². The summed E-state index contributed by atoms with van der Waals surface area (Å²) in [5, 5.41) is 5.25. The van der Waals surface area contributed by atoms with Crippen LogP contribution in [-0.2, 0) is 0 Å². The van der Waals surface area contributed by atoms with Crippen LogP contribution in [0.1, 0.15) is 29.2 Å². The van der Waals surface area contributed by atoms with Crippen molar-refractivity contribution in [1.82, 2.24) is 19.8 Å². The normalized spacial score (nSPS) is 15.0. The Hall–Kier alpha value is -3.09. The number of hydrogen-bond acceptors (Lipinski definition) is 3. The van der Waals surface area contributed by atoms with E-state index in [1.165, 1.54) is 0 Å². The Bertz CT molecular complexity index is 1290. The summed E-state index contributed by atoms with van der Waals surface area (Å²) in [5.74, 6) is -0.0361. The van der Waals surface area contributed by atoms with Gasteiger partial charge in [0, 0.05) is 37.8 Å². The number of nitrogens with zero attached hydrogens (tertiary/aromatic N) is 2. The maximum Gasteiger partial charge on any atom is 0.326 e. The number of likely N-dealkylation sites (tertiary alicyclic amines) is 1. The summed E-state index contributed by atoms with van der Waals surface area (Å²) in [5.41, 5.74) is 2.54. The molecule has 1 aliphatic heterocycles. The van der Waals surface area contributed by atoms with E-state index in [1.54, 1.807) is 0 Å². The minimum Gasteiger partial charge on any atom is -0.351 e. The molecule has 4 aromatic rings. The fourth-order valence-corrected chi connectivity index (χ4v) is 4.60. The molecule has 6 nitrogen and oxygen atoms in total. The molecule has 0 unspecified atom stereocenters. The van der Waals surface area contributed by atoms with Gasteiger partial charge in [-0.05, 0) is 47.9 Å². The Labute approximate surface area is 192 Å². The van der Waals surface area contributed by atoms with E-state index in [2.05, 4.69) is 15.2 Å². The van der Waals surface area contributed by atoms with Crippen molar-refractivity contribution in [2.75, 3.05) is 26.2 Å². The molecule has 2 heterocycles. The van der Waals surface area contributed by atoms with Crippen molar-refractivity contribution in [3.05, 3.63) is 82.8 Å². The summed E-state index contributed by atoms with van der Waals surface area (Å²) < 4.78 is 1.91. The number of hydrogen-bond donors (Lipinski definition) is 2. The molecule has 7 heteroatoms. The molecule has 0 aliphatic carbocycles. The molecule has 1 saturated heterocycles. The van der Waals surface area contributed by atoms with Crippen molar-refractivity contribution in [2.45, 2.75) is 18.9 Å². The average molecular weight is 451 g/mol. The minimum absolute atomic E-state index is 0. The Balaban J connectivity index is 0.00000245. The predicted molar refractivity (Wildman–Crippen MR) is 131 cm³/mol. The number of aromatic nitrogens is 2. The molecular formula is C25H27ClN4O2. The number of benzene rings is 3. The molecular weight excluding hydrogens is 424 g/mol. The summed E-state index contributed by atoms with van der Waals surface area (Å²) in [4.78, 5) is 30.3. The first-order chi connectivity index (χ1) is 15.2. The lowest BCUT2D eigenvalue weighted by Gasteiger charge is -2.32. The van der Waals surface area contributed by atoms with Crippen LogP contribution in [-0.4, -0.2) is 46.5 Å². The first-order valence-corrected chi connectivity index (χ1v) is 10.9. The van der Waals surface area contributed by atoms with Crippen molar-refractivity contribution >= 4 is 40.1 Å². The average Bonchev–Trinajstić information content (AvgIpc) is 3.15. The molecule has 0 spiro atoms. The van der Waals surface area contributed by atoms with E-state index in [-0.39, 0.29) is 30.0 Å². The van der Waals surface area contributed by atoms with Crippen molar-refractivity contribution < 1.29 is 4.79 Å². The molecule has 5 rings (SSSR count). The topological polar surface area (TPSA) is 70.1 Å². The number of amides is 1. The van der Waals surface area contributed by atoms with Gasteiger partial charge in [0.05, 0.1) is 11.0 Å². The third-order valence-corrected chi connectivity index (χ3v) is 6.27. The molecule has 0 saturated carbocycles. The van der Waals surface area contributed by atoms with Crippen molar-refractivity contribution in [2.24, 2.45) is 0 Å². The summed E-state index contributed by atoms with van der Waals surface area (Å²) in [6.07, 6.45) is 1.86. The second-order valence-corrected chi connectivity index (χ2v) is 8.21. The van der Waals surface area contributed by atoms with Crippen LogP contribution in [0, 0.1) is 0 Å². The van der Waals surface area contributed by atoms with Crippen LogP contribution in [0.15, 0.2) is 71.5 Å². The predicted octanol–water partition coefficient (Wildman–Crippen LogP) is 3.97. The zero-order valence-corrected chi connectivity index (χ0v) is 18.6. The van der Waals surface area contributed by atoms with E-state index in [0.717, 1.165) is 54.3 Å². The van der Waals surface area contributed by atoms with E-state index in [0.29, 0.717) is 12.1 Å². The lowest BCUT2D eigenvalue weighted by atomic mass is 10.0. The molecule has 1 amide bonds. The van der Waals surface area contributed by atoms with Gasteiger partial charge < -0.3 is 15.2 Å². The standard InChI is InChI=1S/C25H26N4O2.ClH/c30-24(20-10-9-18-5-1-2-6-19(18)17-20)26-13-16-28-14-11-21(12-15-28)29-23-8-4-3-7-22(23)27-25(29)31;/h1-10,17,21H,11-16H2,(H,26,30)(H,27,31);1H. The highest BCUT2D eigenvalue weighted by atomic mass is 35.5. The number of fused-ring (bicyclic) bond motifs is 2. The first kappa shape index (κ1) is 22.1. The van der Waals surface area contributed by atoms with Crippen LogP contribution in [0.25, 0.3) is 21.8 Å². The number of H-pyrrole nitrogens is 1. The molecule has 0 atom stereocenters. The summed E-state index contributed by atoms with van der Waals surface area (Å²) in [6, 6.07) is 21.9. The SMILES string of the molecule is Cl.O=C(NCCN1CCC(n2c(=O)[nH]c3ccccc32)CC1)c1ccc2ccccc2c1. The number of nitrogens with one attached hydrogen (secondary N) is 2. The van der Waals surface area contributed by atoms with Gasteiger partial charge >= 0.3 is 5.69 Å². The Morgan fingerprint density at radius 3 is 2.50 bits per heavy atom. The molecule has 1 fully saturated rings. The number of rotatable bonds is 5. The van der Waals surface area contributed by atoms with E-state index in [9.17, 15) is 9.59 Å². The minimum atomic E-state index is -0.0361. The smallest absolute Gasteiger partial charge is 0.326 e. The van der Waals surface area contributed by atoms with Gasteiger partial charge in [0.25, 0.3) is 5.91 Å². The van der Waals surface area contributed by atoms with Crippen LogP contribution in [0.5, 0.6) is 0 Å². The molecule has 32 heavy (non-hydrogen) atoms. The Kier molecular flexibility index (Phi) is 6.63. The monoisotopic (exact) mass is 450 g/mol. The van der Waals surface area contributed by atoms with E-state index < -0.39 is 0 Å². The van der Waals surface area contributed by atoms with Gasteiger partial charge in [-0.1, -0.05) is 42.5 Å². The fraction of sp³-hybridized carbons (Fsp3) is 0.280. The lowest BCUT2D eigenvalue weighted by Crippen LogP contribution is -2.41. The second kappa shape index (κ2) is 9.59. The van der Waals surface area contributed by atoms with E-state index in [1.807, 2.05) is 71.3 Å². The first-order valence-electron chi connectivity index (χ1n) is 10.9. The Morgan fingerprint density at radius 2 is 1.69 bits per heavy atom. The molecule has 1 aromatic heterocycles. The van der Waals surface area contributed by atoms with E-state index in [4.69, 9.17) is 0 Å². The summed E-state index contributed by atoms with van der Waals surface area (Å²) in [7, 11) is 0. The molecule has 2 N–H and O–H groups in total. The molecule has 166 valence electrons. The summed E-state index contributed by atoms with van der Waals surface area (Å²) >= 11 is 0. The van der Waals surface area contributed by atoms with Crippen LogP contribution < -0.4 is 11.0 Å². The quantitative estimate of drug-likeness (QED) is 0.483. The van der Waals surface area contributed by atoms with Crippen LogP contribution in [0.3, 0.4) is 0 Å². The fourth-order valence-electron chi connectivity index (χ4n) is 4.60. The van der Waals surface area contributed by atoms with Crippen LogP contribution in [0.4, 0.5) is 0 Å². The second-order valence-electron chi connectivity index (χ2n) is 8.21. The zero-order valence-electron chi connectivity index (χ0n) is 17.8. The maximum atomic E-state index is 12.5. The van der Waals surface area contributed by atoms with Gasteiger partial charge in [-0.2, -0.15) is 0 Å². The largest absolute Gasteiger partial charge is 0.351 e. The maximum absolute atomic E-state index is 12.5. The Morgan fingerprint density at radius 1 is 0.969 bits per heavy atom. The number of para-hydroxylation sites is 2. The zero-order chi connectivity index (χ0) is 21.2. The molecule has 1 aliphatic rings. The number of piperidine rings is 1. The number of carbonyl (C=O) groups excluding carboxylic acids is 1. The van der Waals surface area contributed by atoms with Gasteiger partial charge in [-0.25, -0.2) is 4.79 Å². The highest BCUT2D eigenvalue weighted by Gasteiger charge is 2.23. The van der Waals surface area contributed by atoms with Crippen molar-refractivity contribution in [1.29, 1.82) is 0 Å². The molecule has 0 radical (unpaired) electrons. The summed E-state index contributed by atoms with van der Waals surface area (Å²) in [6.45, 7) is 3.27. The number of carbonyl (C=O) groups is 1. The van der Waals surface area contributed by atoms with Crippen LogP contribution >= 0.6 is 12.4 Å². The highest BCUT2D eigenvalue weighted by Crippen LogP contribution is 2.24. The molecule has 0 bridgehead atoms. The highest BCUT2D eigenvalue weighted by molar-refractivity contribution is 5.98. The number of halogens is 1. The van der Waals surface area contributed by atoms with Crippen molar-refractivity contribution in [3.63, 3.8) is 0 Å². The molecule has 3 aromatic carbocycles. The van der Waals surface area contributed by atoms with E-state index >= 15 is 0 Å². The van der Waals surface area contributed by atoms with Gasteiger partial charge in [0.2, 0.25) is 0 Å². The van der Waals surface area contributed by atoms with Gasteiger partial charge in [-0.15, -0.1) is 12.4 Å². The van der Waals surface area contributed by atoms with Gasteiger partial charge in [0.1, 0.15) is 0 Å². The lowest BCUT2D eigenvalue weighted by molar-refractivity contribution is 0.0944. The van der Waals surface area contributed by atoms with Crippen molar-refractivity contribution in [3.8, 4) is 0 Å². The van der Waals surface area contributed by atoms with Gasteiger partial charge in [-0.3, -0.25) is 9.36 Å². The third kappa shape index (κ3) is 4.42.